The molecule has 0 radical (unpaired) electrons. The first-order valence-electron chi connectivity index (χ1n) is 8.36. The van der Waals surface area contributed by atoms with Crippen molar-refractivity contribution < 1.29 is 5.11 Å². The minimum atomic E-state index is 0. The van der Waals surface area contributed by atoms with Crippen LogP contribution in [0.1, 0.15) is 31.9 Å². The van der Waals surface area contributed by atoms with E-state index in [0.29, 0.717) is 17.7 Å². The summed E-state index contributed by atoms with van der Waals surface area (Å²) in [5.41, 5.74) is 1.40. The van der Waals surface area contributed by atoms with Gasteiger partial charge in [0.2, 0.25) is 0 Å². The molecule has 5 heteroatoms. The van der Waals surface area contributed by atoms with Gasteiger partial charge in [0.05, 0.1) is 0 Å². The number of halogens is 2. The van der Waals surface area contributed by atoms with Gasteiger partial charge in [0.15, 0.2) is 0 Å². The van der Waals surface area contributed by atoms with Crippen molar-refractivity contribution in [3.05, 3.63) is 42.0 Å². The van der Waals surface area contributed by atoms with Crippen molar-refractivity contribution in [1.29, 1.82) is 0 Å². The number of aromatic hydroxyl groups is 1. The SMILES string of the molecule is CCC(C)[C@H](c1ccc2cc(O)ccc2c1)N1CCNCC1.Cl.Cl. The van der Waals surface area contributed by atoms with Crippen LogP contribution in [-0.4, -0.2) is 36.2 Å². The number of rotatable bonds is 4. The van der Waals surface area contributed by atoms with E-state index in [1.54, 1.807) is 6.07 Å². The van der Waals surface area contributed by atoms with Gasteiger partial charge in [-0.2, -0.15) is 0 Å². The van der Waals surface area contributed by atoms with Crippen molar-refractivity contribution in [2.24, 2.45) is 5.92 Å². The Balaban J connectivity index is 0.00000144. The maximum Gasteiger partial charge on any atom is 0.116 e. The van der Waals surface area contributed by atoms with Gasteiger partial charge in [-0.15, -0.1) is 24.8 Å². The predicted molar refractivity (Wildman–Crippen MR) is 107 cm³/mol. The van der Waals surface area contributed by atoms with E-state index in [0.717, 1.165) is 31.6 Å². The van der Waals surface area contributed by atoms with Crippen LogP contribution >= 0.6 is 24.8 Å². The molecule has 1 fully saturated rings. The highest BCUT2D eigenvalue weighted by atomic mass is 35.5. The maximum atomic E-state index is 9.62. The highest BCUT2D eigenvalue weighted by Crippen LogP contribution is 2.33. The predicted octanol–water partition coefficient (Wildman–Crippen LogP) is 4.38. The number of hydrogen-bond acceptors (Lipinski definition) is 3. The largest absolute Gasteiger partial charge is 0.508 e. The van der Waals surface area contributed by atoms with Gasteiger partial charge in [0.1, 0.15) is 5.75 Å². The summed E-state index contributed by atoms with van der Waals surface area (Å²) >= 11 is 0. The first kappa shape index (κ1) is 21.0. The summed E-state index contributed by atoms with van der Waals surface area (Å²) in [6, 6.07) is 12.8. The molecule has 1 unspecified atom stereocenters. The molecule has 134 valence electrons. The summed E-state index contributed by atoms with van der Waals surface area (Å²) in [6.45, 7) is 9.01. The third-order valence-corrected chi connectivity index (χ3v) is 4.92. The number of piperazine rings is 1. The number of nitrogens with zero attached hydrogens (tertiary/aromatic N) is 1. The van der Waals surface area contributed by atoms with E-state index >= 15 is 0 Å². The molecule has 2 atom stereocenters. The molecule has 1 aliphatic heterocycles. The Kier molecular flexibility index (Phi) is 8.31. The fourth-order valence-corrected chi connectivity index (χ4v) is 3.52. The average Bonchev–Trinajstić information content (AvgIpc) is 2.56. The lowest BCUT2D eigenvalue weighted by molar-refractivity contribution is 0.128. The van der Waals surface area contributed by atoms with Gasteiger partial charge < -0.3 is 10.4 Å². The number of fused-ring (bicyclic) bond motifs is 1. The molecule has 0 saturated carbocycles. The average molecular weight is 371 g/mol. The van der Waals surface area contributed by atoms with Gasteiger partial charge in [0.25, 0.3) is 0 Å². The Morgan fingerprint density at radius 1 is 1.04 bits per heavy atom. The molecule has 1 heterocycles. The molecule has 0 amide bonds. The van der Waals surface area contributed by atoms with Crippen LogP contribution in [0.25, 0.3) is 10.8 Å². The lowest BCUT2D eigenvalue weighted by atomic mass is 9.89. The van der Waals surface area contributed by atoms with Crippen LogP contribution in [0.3, 0.4) is 0 Å². The molecule has 1 saturated heterocycles. The van der Waals surface area contributed by atoms with Gasteiger partial charge in [-0.1, -0.05) is 38.5 Å². The van der Waals surface area contributed by atoms with E-state index in [2.05, 4.69) is 42.3 Å². The van der Waals surface area contributed by atoms with E-state index in [4.69, 9.17) is 0 Å². The molecule has 3 nitrogen and oxygen atoms in total. The smallest absolute Gasteiger partial charge is 0.116 e. The van der Waals surface area contributed by atoms with Crippen LogP contribution < -0.4 is 5.32 Å². The third-order valence-electron chi connectivity index (χ3n) is 4.92. The van der Waals surface area contributed by atoms with Crippen LogP contribution in [0, 0.1) is 5.92 Å². The van der Waals surface area contributed by atoms with Gasteiger partial charge in [0, 0.05) is 32.2 Å². The van der Waals surface area contributed by atoms with Crippen molar-refractivity contribution in [2.45, 2.75) is 26.3 Å². The number of nitrogens with one attached hydrogen (secondary N) is 1. The second-order valence-corrected chi connectivity index (χ2v) is 6.41. The quantitative estimate of drug-likeness (QED) is 0.837. The summed E-state index contributed by atoms with van der Waals surface area (Å²) in [7, 11) is 0. The first-order chi connectivity index (χ1) is 10.7. The summed E-state index contributed by atoms with van der Waals surface area (Å²) < 4.78 is 0. The zero-order valence-corrected chi connectivity index (χ0v) is 16.0. The molecule has 1 aliphatic rings. The normalized spacial score (nSPS) is 17.6. The lowest BCUT2D eigenvalue weighted by Crippen LogP contribution is -2.46. The summed E-state index contributed by atoms with van der Waals surface area (Å²) in [5, 5.41) is 15.4. The van der Waals surface area contributed by atoms with Crippen LogP contribution in [0.5, 0.6) is 5.75 Å². The van der Waals surface area contributed by atoms with Gasteiger partial charge in [-0.25, -0.2) is 0 Å². The fourth-order valence-electron chi connectivity index (χ4n) is 3.52. The standard InChI is InChI=1S/C19H26N2O.2ClH/c1-3-14(2)19(21-10-8-20-9-11-21)17-5-4-16-13-18(22)7-6-15(16)12-17;;/h4-7,12-14,19-20,22H,3,8-11H2,1-2H3;2*1H/t14?,19-;;/m1../s1. The monoisotopic (exact) mass is 370 g/mol. The number of phenols is 1. The Hall–Kier alpha value is -1.000. The molecule has 24 heavy (non-hydrogen) atoms. The van der Waals surface area contributed by atoms with Gasteiger partial charge in [-0.05, 0) is 40.5 Å². The van der Waals surface area contributed by atoms with E-state index in [1.165, 1.54) is 17.4 Å². The van der Waals surface area contributed by atoms with Crippen molar-refractivity contribution in [2.75, 3.05) is 26.2 Å². The third kappa shape index (κ3) is 4.54. The summed E-state index contributed by atoms with van der Waals surface area (Å²) in [5.74, 6) is 0.966. The molecule has 3 rings (SSSR count). The molecule has 2 aromatic carbocycles. The fraction of sp³-hybridized carbons (Fsp3) is 0.474. The van der Waals surface area contributed by atoms with Crippen LogP contribution in [-0.2, 0) is 0 Å². The molecule has 2 N–H and O–H groups in total. The lowest BCUT2D eigenvalue weighted by Gasteiger charge is -2.38. The van der Waals surface area contributed by atoms with Crippen LogP contribution in [0.15, 0.2) is 36.4 Å². The van der Waals surface area contributed by atoms with Crippen molar-refractivity contribution in [3.8, 4) is 5.75 Å². The van der Waals surface area contributed by atoms with E-state index in [9.17, 15) is 5.11 Å². The van der Waals surface area contributed by atoms with Crippen molar-refractivity contribution in [1.82, 2.24) is 10.2 Å². The molecule has 0 bridgehead atoms. The second kappa shape index (κ2) is 9.47. The van der Waals surface area contributed by atoms with E-state index in [-0.39, 0.29) is 24.8 Å². The molecular formula is C19H28Cl2N2O. The Morgan fingerprint density at radius 3 is 2.33 bits per heavy atom. The van der Waals surface area contributed by atoms with Crippen molar-refractivity contribution in [3.63, 3.8) is 0 Å². The van der Waals surface area contributed by atoms with E-state index in [1.807, 2.05) is 12.1 Å². The summed E-state index contributed by atoms with van der Waals surface area (Å²) in [4.78, 5) is 2.62. The molecule has 0 aliphatic carbocycles. The summed E-state index contributed by atoms with van der Waals surface area (Å²) in [6.07, 6.45) is 1.18. The topological polar surface area (TPSA) is 35.5 Å². The Bertz CT molecular complexity index is 644. The first-order valence-corrected chi connectivity index (χ1v) is 8.36. The Morgan fingerprint density at radius 2 is 1.67 bits per heavy atom. The molecule has 0 spiro atoms. The zero-order valence-electron chi connectivity index (χ0n) is 14.4. The van der Waals surface area contributed by atoms with Crippen LogP contribution in [0.4, 0.5) is 0 Å². The minimum Gasteiger partial charge on any atom is -0.508 e. The highest BCUT2D eigenvalue weighted by molar-refractivity contribution is 5.86. The number of benzene rings is 2. The Labute approximate surface area is 157 Å². The van der Waals surface area contributed by atoms with E-state index < -0.39 is 0 Å². The van der Waals surface area contributed by atoms with Crippen LogP contribution in [0.2, 0.25) is 0 Å². The zero-order chi connectivity index (χ0) is 15.5. The number of phenolic OH excluding ortho intramolecular Hbond substituents is 1. The molecule has 2 aromatic rings. The molecule has 0 aromatic heterocycles. The number of hydrogen-bond donors (Lipinski definition) is 2. The molecular weight excluding hydrogens is 343 g/mol. The van der Waals surface area contributed by atoms with Gasteiger partial charge in [-0.3, -0.25) is 4.90 Å². The van der Waals surface area contributed by atoms with Crippen molar-refractivity contribution >= 4 is 35.6 Å². The maximum absolute atomic E-state index is 9.62. The minimum absolute atomic E-state index is 0. The second-order valence-electron chi connectivity index (χ2n) is 6.41. The van der Waals surface area contributed by atoms with Gasteiger partial charge >= 0.3 is 0 Å². The highest BCUT2D eigenvalue weighted by Gasteiger charge is 2.26.